The van der Waals surface area contributed by atoms with Gasteiger partial charge in [0.15, 0.2) is 0 Å². The van der Waals surface area contributed by atoms with Crippen LogP contribution in [-0.4, -0.2) is 17.5 Å². The first-order valence-corrected chi connectivity index (χ1v) is 5.93. The molecule has 0 saturated carbocycles. The van der Waals surface area contributed by atoms with Crippen LogP contribution in [0, 0.1) is 10.1 Å². The zero-order valence-electron chi connectivity index (χ0n) is 11.0. The first-order chi connectivity index (χ1) is 9.75. The van der Waals surface area contributed by atoms with Crippen LogP contribution in [-0.2, 0) is 15.7 Å². The van der Waals surface area contributed by atoms with E-state index in [9.17, 15) is 28.1 Å². The standard InChI is InChI=1S/C13H12F3NO4/c1-2-21-12(18)5-3-4-9-6-7-10(13(14,15)16)8-11(9)17(19)20/h3-4,6-8H,2,5H2,1H3. The van der Waals surface area contributed by atoms with Crippen LogP contribution in [0.2, 0.25) is 0 Å². The number of esters is 1. The number of hydrogen-bond acceptors (Lipinski definition) is 4. The van der Waals surface area contributed by atoms with Crippen LogP contribution >= 0.6 is 0 Å². The molecular weight excluding hydrogens is 291 g/mol. The second-order valence-electron chi connectivity index (χ2n) is 3.94. The molecule has 0 amide bonds. The van der Waals surface area contributed by atoms with Gasteiger partial charge in [0, 0.05) is 6.07 Å². The molecule has 0 unspecified atom stereocenters. The maximum absolute atomic E-state index is 12.5. The summed E-state index contributed by atoms with van der Waals surface area (Å²) in [6.45, 7) is 1.83. The van der Waals surface area contributed by atoms with Crippen LogP contribution in [0.5, 0.6) is 0 Å². The molecule has 0 aliphatic carbocycles. The van der Waals surface area contributed by atoms with E-state index >= 15 is 0 Å². The summed E-state index contributed by atoms with van der Waals surface area (Å²) in [6.07, 6.45) is -2.26. The second kappa shape index (κ2) is 6.87. The van der Waals surface area contributed by atoms with Crippen molar-refractivity contribution in [2.45, 2.75) is 19.5 Å². The highest BCUT2D eigenvalue weighted by Gasteiger charge is 2.32. The summed E-state index contributed by atoms with van der Waals surface area (Å²) in [5.41, 5.74) is -1.79. The molecule has 1 aromatic rings. The number of alkyl halides is 3. The summed E-state index contributed by atoms with van der Waals surface area (Å²) in [4.78, 5) is 21.0. The summed E-state index contributed by atoms with van der Waals surface area (Å²) >= 11 is 0. The molecule has 8 heteroatoms. The highest BCUT2D eigenvalue weighted by molar-refractivity contribution is 5.73. The first kappa shape index (κ1) is 16.7. The number of halogens is 3. The summed E-state index contributed by atoms with van der Waals surface area (Å²) in [7, 11) is 0. The second-order valence-corrected chi connectivity index (χ2v) is 3.94. The molecule has 0 fully saturated rings. The Bertz CT molecular complexity index is 567. The maximum atomic E-state index is 12.5. The molecule has 21 heavy (non-hydrogen) atoms. The third kappa shape index (κ3) is 4.90. The molecule has 5 nitrogen and oxygen atoms in total. The number of rotatable bonds is 5. The fourth-order valence-electron chi connectivity index (χ4n) is 1.52. The number of hydrogen-bond donors (Lipinski definition) is 0. The molecule has 0 aliphatic rings. The minimum absolute atomic E-state index is 0.0164. The van der Waals surface area contributed by atoms with Gasteiger partial charge in [0.05, 0.1) is 29.1 Å². The fourth-order valence-corrected chi connectivity index (χ4v) is 1.52. The predicted molar refractivity (Wildman–Crippen MR) is 68.4 cm³/mol. The van der Waals surface area contributed by atoms with E-state index in [0.717, 1.165) is 12.1 Å². The molecule has 0 saturated heterocycles. The molecule has 1 aromatic carbocycles. The molecule has 0 spiro atoms. The fraction of sp³-hybridized carbons (Fsp3) is 0.308. The van der Waals surface area contributed by atoms with E-state index in [1.54, 1.807) is 6.92 Å². The first-order valence-electron chi connectivity index (χ1n) is 5.93. The third-order valence-electron chi connectivity index (χ3n) is 2.44. The Kier molecular flexibility index (Phi) is 5.45. The van der Waals surface area contributed by atoms with Crippen LogP contribution in [0.4, 0.5) is 18.9 Å². The van der Waals surface area contributed by atoms with E-state index in [0.29, 0.717) is 6.07 Å². The maximum Gasteiger partial charge on any atom is 0.416 e. The lowest BCUT2D eigenvalue weighted by Crippen LogP contribution is -2.06. The molecule has 0 bridgehead atoms. The molecular formula is C13H12F3NO4. The number of carbonyl (C=O) groups excluding carboxylic acids is 1. The third-order valence-corrected chi connectivity index (χ3v) is 2.44. The van der Waals surface area contributed by atoms with Gasteiger partial charge in [-0.3, -0.25) is 14.9 Å². The number of benzene rings is 1. The summed E-state index contributed by atoms with van der Waals surface area (Å²) in [5, 5.41) is 10.8. The predicted octanol–water partition coefficient (Wildman–Crippen LogP) is 3.58. The van der Waals surface area contributed by atoms with Crippen molar-refractivity contribution in [1.82, 2.24) is 0 Å². The van der Waals surface area contributed by atoms with Crippen LogP contribution in [0.25, 0.3) is 6.08 Å². The topological polar surface area (TPSA) is 69.4 Å². The quantitative estimate of drug-likeness (QED) is 0.473. The lowest BCUT2D eigenvalue weighted by molar-refractivity contribution is -0.385. The molecule has 0 N–H and O–H groups in total. The van der Waals surface area contributed by atoms with Gasteiger partial charge in [-0.15, -0.1) is 0 Å². The Morgan fingerprint density at radius 1 is 1.43 bits per heavy atom. The molecule has 1 rings (SSSR count). The van der Waals surface area contributed by atoms with Crippen molar-refractivity contribution in [1.29, 1.82) is 0 Å². The molecule has 0 radical (unpaired) electrons. The molecule has 0 heterocycles. The van der Waals surface area contributed by atoms with Crippen molar-refractivity contribution in [3.63, 3.8) is 0 Å². The van der Waals surface area contributed by atoms with Gasteiger partial charge in [-0.2, -0.15) is 13.2 Å². The molecule has 114 valence electrons. The molecule has 0 aliphatic heterocycles. The van der Waals surface area contributed by atoms with Gasteiger partial charge in [0.2, 0.25) is 0 Å². The van der Waals surface area contributed by atoms with Gasteiger partial charge in [-0.25, -0.2) is 0 Å². The minimum atomic E-state index is -4.65. The van der Waals surface area contributed by atoms with Crippen LogP contribution in [0.1, 0.15) is 24.5 Å². The van der Waals surface area contributed by atoms with Crippen molar-refractivity contribution in [2.75, 3.05) is 6.61 Å². The molecule has 0 aromatic heterocycles. The average Bonchev–Trinajstić information content (AvgIpc) is 2.37. The van der Waals surface area contributed by atoms with E-state index in [2.05, 4.69) is 4.74 Å². The highest BCUT2D eigenvalue weighted by atomic mass is 19.4. The molecule has 0 atom stereocenters. The Labute approximate surface area is 118 Å². The number of nitro groups is 1. The lowest BCUT2D eigenvalue weighted by atomic mass is 10.1. The van der Waals surface area contributed by atoms with Gasteiger partial charge >= 0.3 is 12.1 Å². The summed E-state index contributed by atoms with van der Waals surface area (Å²) < 4.78 is 42.2. The van der Waals surface area contributed by atoms with E-state index in [1.165, 1.54) is 12.2 Å². The zero-order chi connectivity index (χ0) is 16.0. The van der Waals surface area contributed by atoms with Crippen LogP contribution in [0.15, 0.2) is 24.3 Å². The Balaban J connectivity index is 3.00. The van der Waals surface area contributed by atoms with Crippen molar-refractivity contribution in [2.24, 2.45) is 0 Å². The van der Waals surface area contributed by atoms with E-state index in [4.69, 9.17) is 0 Å². The minimum Gasteiger partial charge on any atom is -0.466 e. The van der Waals surface area contributed by atoms with Crippen molar-refractivity contribution < 1.29 is 27.6 Å². The Morgan fingerprint density at radius 3 is 2.62 bits per heavy atom. The van der Waals surface area contributed by atoms with Crippen molar-refractivity contribution in [3.05, 3.63) is 45.5 Å². The number of ether oxygens (including phenoxy) is 1. The SMILES string of the molecule is CCOC(=O)CC=Cc1ccc(C(F)(F)F)cc1[N+](=O)[O-]. The number of nitrogens with zero attached hydrogens (tertiary/aromatic N) is 1. The van der Waals surface area contributed by atoms with Gasteiger partial charge in [0.25, 0.3) is 5.69 Å². The van der Waals surface area contributed by atoms with Crippen LogP contribution in [0.3, 0.4) is 0 Å². The average molecular weight is 303 g/mol. The normalized spacial score (nSPS) is 11.6. The van der Waals surface area contributed by atoms with Gasteiger partial charge in [-0.1, -0.05) is 12.2 Å². The smallest absolute Gasteiger partial charge is 0.416 e. The van der Waals surface area contributed by atoms with E-state index in [1.807, 2.05) is 0 Å². The zero-order valence-corrected chi connectivity index (χ0v) is 11.0. The van der Waals surface area contributed by atoms with Crippen molar-refractivity contribution in [3.8, 4) is 0 Å². The summed E-state index contributed by atoms with van der Waals surface area (Å²) in [6, 6.07) is 2.20. The van der Waals surface area contributed by atoms with Gasteiger partial charge < -0.3 is 4.74 Å². The Hall–Kier alpha value is -2.38. The summed E-state index contributed by atoms with van der Waals surface area (Å²) in [5.74, 6) is -0.525. The van der Waals surface area contributed by atoms with Gasteiger partial charge in [-0.05, 0) is 19.1 Å². The Morgan fingerprint density at radius 2 is 2.10 bits per heavy atom. The largest absolute Gasteiger partial charge is 0.466 e. The highest BCUT2D eigenvalue weighted by Crippen LogP contribution is 2.33. The number of carbonyl (C=O) groups is 1. The van der Waals surface area contributed by atoms with Gasteiger partial charge in [0.1, 0.15) is 0 Å². The monoisotopic (exact) mass is 303 g/mol. The van der Waals surface area contributed by atoms with Crippen LogP contribution < -0.4 is 0 Å². The lowest BCUT2D eigenvalue weighted by Gasteiger charge is -2.07. The number of nitro benzene ring substituents is 1. The van der Waals surface area contributed by atoms with E-state index < -0.39 is 28.3 Å². The van der Waals surface area contributed by atoms with E-state index in [-0.39, 0.29) is 18.6 Å². The van der Waals surface area contributed by atoms with Crippen molar-refractivity contribution >= 4 is 17.7 Å².